The first-order chi connectivity index (χ1) is 8.33. The topological polar surface area (TPSA) is 41.9 Å². The first-order valence-electron chi connectivity index (χ1n) is 6.87. The van der Waals surface area contributed by atoms with Gasteiger partial charge in [0, 0.05) is 31.0 Å². The normalized spacial score (nSPS) is 39.1. The van der Waals surface area contributed by atoms with Gasteiger partial charge in [0.15, 0.2) is 0 Å². The molecule has 0 aromatic carbocycles. The molecule has 0 spiro atoms. The Morgan fingerprint density at radius 3 is 3.12 bits per heavy atom. The Labute approximate surface area is 102 Å². The first-order valence-corrected chi connectivity index (χ1v) is 6.87. The van der Waals surface area contributed by atoms with Gasteiger partial charge in [-0.15, -0.1) is 0 Å². The second kappa shape index (κ2) is 3.48. The maximum atomic E-state index is 4.87. The van der Waals surface area contributed by atoms with E-state index in [1.54, 1.807) is 0 Å². The van der Waals surface area contributed by atoms with E-state index in [2.05, 4.69) is 28.3 Å². The van der Waals surface area contributed by atoms with Gasteiger partial charge in [0.1, 0.15) is 5.82 Å². The van der Waals surface area contributed by atoms with E-state index < -0.39 is 0 Å². The highest BCUT2D eigenvalue weighted by molar-refractivity contribution is 5.42. The number of piperidine rings is 1. The first kappa shape index (κ1) is 9.95. The van der Waals surface area contributed by atoms with Crippen LogP contribution in [0.1, 0.15) is 37.4 Å². The van der Waals surface area contributed by atoms with Crippen molar-refractivity contribution in [2.45, 2.75) is 31.7 Å². The van der Waals surface area contributed by atoms with Crippen LogP contribution in [0, 0.1) is 11.8 Å². The van der Waals surface area contributed by atoms with Crippen molar-refractivity contribution in [3.05, 3.63) is 11.8 Å². The van der Waals surface area contributed by atoms with Gasteiger partial charge in [-0.05, 0) is 25.3 Å². The van der Waals surface area contributed by atoms with Gasteiger partial charge in [-0.25, -0.2) is 4.68 Å². The van der Waals surface area contributed by atoms with Gasteiger partial charge in [-0.1, -0.05) is 6.92 Å². The molecule has 3 aliphatic rings. The predicted octanol–water partition coefficient (Wildman–Crippen LogP) is 1.58. The Hall–Kier alpha value is -1.03. The fraction of sp³-hybridized carbons (Fsp3) is 0.769. The molecule has 4 nitrogen and oxygen atoms in total. The zero-order valence-electron chi connectivity index (χ0n) is 10.3. The summed E-state index contributed by atoms with van der Waals surface area (Å²) in [6.07, 6.45) is 2.55. The number of nitrogens with one attached hydrogen (secondary N) is 2. The number of hydrogen-bond donors (Lipinski definition) is 2. The molecule has 1 aromatic rings. The SMILES string of the molecule is CC1CC1c1cc2n(n1)C1CCNCC1CN2. The van der Waals surface area contributed by atoms with Crippen LogP contribution in [0.4, 0.5) is 5.82 Å². The maximum absolute atomic E-state index is 4.87. The fourth-order valence-electron chi connectivity index (χ4n) is 3.39. The number of nitrogens with zero attached hydrogens (tertiary/aromatic N) is 2. The third kappa shape index (κ3) is 1.50. The zero-order chi connectivity index (χ0) is 11.4. The van der Waals surface area contributed by atoms with Gasteiger partial charge in [0.05, 0.1) is 11.7 Å². The van der Waals surface area contributed by atoms with Crippen molar-refractivity contribution in [3.8, 4) is 0 Å². The van der Waals surface area contributed by atoms with Crippen LogP contribution in [-0.2, 0) is 0 Å². The third-order valence-corrected chi connectivity index (χ3v) is 4.67. The van der Waals surface area contributed by atoms with Crippen molar-refractivity contribution >= 4 is 5.82 Å². The summed E-state index contributed by atoms with van der Waals surface area (Å²) in [5.41, 5.74) is 1.32. The molecule has 4 atom stereocenters. The summed E-state index contributed by atoms with van der Waals surface area (Å²) in [4.78, 5) is 0. The lowest BCUT2D eigenvalue weighted by molar-refractivity contribution is 0.237. The van der Waals surface area contributed by atoms with Gasteiger partial charge < -0.3 is 10.6 Å². The van der Waals surface area contributed by atoms with Crippen molar-refractivity contribution in [3.63, 3.8) is 0 Å². The minimum Gasteiger partial charge on any atom is -0.370 e. The Kier molecular flexibility index (Phi) is 2.04. The van der Waals surface area contributed by atoms with Gasteiger partial charge in [0.2, 0.25) is 0 Å². The van der Waals surface area contributed by atoms with E-state index in [1.165, 1.54) is 24.4 Å². The molecule has 2 aliphatic heterocycles. The number of aromatic nitrogens is 2. The highest BCUT2D eigenvalue weighted by Gasteiger charge is 2.39. The Morgan fingerprint density at radius 2 is 2.29 bits per heavy atom. The van der Waals surface area contributed by atoms with E-state index in [4.69, 9.17) is 5.10 Å². The van der Waals surface area contributed by atoms with Crippen molar-refractivity contribution in [1.82, 2.24) is 15.1 Å². The summed E-state index contributed by atoms with van der Waals surface area (Å²) in [5, 5.41) is 11.9. The highest BCUT2D eigenvalue weighted by atomic mass is 15.4. The molecular formula is C13H20N4. The smallest absolute Gasteiger partial charge is 0.124 e. The Morgan fingerprint density at radius 1 is 1.41 bits per heavy atom. The molecule has 1 saturated heterocycles. The van der Waals surface area contributed by atoms with Crippen LogP contribution in [0.2, 0.25) is 0 Å². The van der Waals surface area contributed by atoms with Crippen LogP contribution < -0.4 is 10.6 Å². The van der Waals surface area contributed by atoms with E-state index >= 15 is 0 Å². The van der Waals surface area contributed by atoms with E-state index in [0.717, 1.165) is 31.5 Å². The molecule has 0 amide bonds. The van der Waals surface area contributed by atoms with Crippen molar-refractivity contribution in [1.29, 1.82) is 0 Å². The van der Waals surface area contributed by atoms with Crippen molar-refractivity contribution < 1.29 is 0 Å². The van der Waals surface area contributed by atoms with Gasteiger partial charge in [0.25, 0.3) is 0 Å². The van der Waals surface area contributed by atoms with E-state index in [-0.39, 0.29) is 0 Å². The van der Waals surface area contributed by atoms with Crippen molar-refractivity contribution in [2.24, 2.45) is 11.8 Å². The molecule has 17 heavy (non-hydrogen) atoms. The molecule has 2 fully saturated rings. The van der Waals surface area contributed by atoms with Crippen molar-refractivity contribution in [2.75, 3.05) is 25.0 Å². The summed E-state index contributed by atoms with van der Waals surface area (Å²) in [5.74, 6) is 3.54. The zero-order valence-corrected chi connectivity index (χ0v) is 10.3. The molecule has 0 radical (unpaired) electrons. The predicted molar refractivity (Wildman–Crippen MR) is 67.3 cm³/mol. The minimum absolute atomic E-state index is 0.621. The molecule has 1 saturated carbocycles. The summed E-state index contributed by atoms with van der Waals surface area (Å²) in [7, 11) is 0. The molecule has 0 bridgehead atoms. The van der Waals surface area contributed by atoms with Gasteiger partial charge in [-0.3, -0.25) is 0 Å². The highest BCUT2D eigenvalue weighted by Crippen LogP contribution is 2.47. The molecule has 4 heteroatoms. The minimum atomic E-state index is 0.621. The van der Waals surface area contributed by atoms with Gasteiger partial charge in [-0.2, -0.15) is 5.10 Å². The van der Waals surface area contributed by atoms with Crippen LogP contribution in [0.3, 0.4) is 0 Å². The molecule has 1 aromatic heterocycles. The second-order valence-electron chi connectivity index (χ2n) is 5.92. The molecule has 2 N–H and O–H groups in total. The molecule has 4 rings (SSSR count). The van der Waals surface area contributed by atoms with E-state index in [9.17, 15) is 0 Å². The maximum Gasteiger partial charge on any atom is 0.124 e. The summed E-state index contributed by atoms with van der Waals surface area (Å²) >= 11 is 0. The largest absolute Gasteiger partial charge is 0.370 e. The van der Waals surface area contributed by atoms with Crippen LogP contribution in [0.25, 0.3) is 0 Å². The summed E-state index contributed by atoms with van der Waals surface area (Å²) in [6.45, 7) is 5.69. The number of fused-ring (bicyclic) bond motifs is 3. The van der Waals surface area contributed by atoms with E-state index in [0.29, 0.717) is 12.0 Å². The summed E-state index contributed by atoms with van der Waals surface area (Å²) in [6, 6.07) is 2.90. The van der Waals surface area contributed by atoms with Crippen LogP contribution in [-0.4, -0.2) is 29.4 Å². The van der Waals surface area contributed by atoms with Gasteiger partial charge >= 0.3 is 0 Å². The second-order valence-corrected chi connectivity index (χ2v) is 5.92. The average molecular weight is 232 g/mol. The van der Waals surface area contributed by atoms with Crippen LogP contribution in [0.15, 0.2) is 6.07 Å². The number of hydrogen-bond acceptors (Lipinski definition) is 3. The fourth-order valence-corrected chi connectivity index (χ4v) is 3.39. The Bertz CT molecular complexity index is 439. The molecular weight excluding hydrogens is 212 g/mol. The molecule has 3 heterocycles. The Balaban J connectivity index is 1.67. The van der Waals surface area contributed by atoms with E-state index in [1.807, 2.05) is 0 Å². The monoisotopic (exact) mass is 232 g/mol. The third-order valence-electron chi connectivity index (χ3n) is 4.67. The summed E-state index contributed by atoms with van der Waals surface area (Å²) < 4.78 is 2.27. The molecule has 4 unspecified atom stereocenters. The van der Waals surface area contributed by atoms with Crippen LogP contribution in [0.5, 0.6) is 0 Å². The number of anilines is 1. The number of rotatable bonds is 1. The average Bonchev–Trinajstić information content (AvgIpc) is 2.93. The lowest BCUT2D eigenvalue weighted by Gasteiger charge is -2.37. The van der Waals surface area contributed by atoms with Crippen LogP contribution >= 0.6 is 0 Å². The standard InChI is InChI=1S/C13H20N4/c1-8-4-10(8)11-5-13-15-7-9-6-14-3-2-12(9)17(13)16-11/h5,8-10,12,14-15H,2-4,6-7H2,1H3. The quantitative estimate of drug-likeness (QED) is 0.772. The lowest BCUT2D eigenvalue weighted by Crippen LogP contribution is -2.44. The molecule has 92 valence electrons. The molecule has 1 aliphatic carbocycles. The lowest BCUT2D eigenvalue weighted by atomic mass is 9.92.